The summed E-state index contributed by atoms with van der Waals surface area (Å²) in [6.07, 6.45) is 5.27. The molecular formula is C15H21NO. The molecule has 1 N–H and O–H groups in total. The molecule has 0 spiro atoms. The molecule has 2 atom stereocenters. The van der Waals surface area contributed by atoms with Crippen molar-refractivity contribution in [2.24, 2.45) is 0 Å². The molecule has 1 aromatic rings. The van der Waals surface area contributed by atoms with Gasteiger partial charge < -0.3 is 10.1 Å². The smallest absolute Gasteiger partial charge is 0.122 e. The van der Waals surface area contributed by atoms with Gasteiger partial charge in [-0.2, -0.15) is 0 Å². The Kier molecular flexibility index (Phi) is 3.06. The van der Waals surface area contributed by atoms with Gasteiger partial charge in [0.05, 0.1) is 6.61 Å². The van der Waals surface area contributed by atoms with Gasteiger partial charge >= 0.3 is 0 Å². The van der Waals surface area contributed by atoms with Gasteiger partial charge in [-0.1, -0.05) is 18.2 Å². The second-order valence-corrected chi connectivity index (χ2v) is 5.28. The van der Waals surface area contributed by atoms with Crippen molar-refractivity contribution in [1.29, 1.82) is 0 Å². The van der Waals surface area contributed by atoms with Crippen molar-refractivity contribution in [2.45, 2.75) is 50.6 Å². The highest BCUT2D eigenvalue weighted by molar-refractivity contribution is 5.37. The number of benzene rings is 1. The van der Waals surface area contributed by atoms with Crippen molar-refractivity contribution >= 4 is 0 Å². The topological polar surface area (TPSA) is 21.3 Å². The van der Waals surface area contributed by atoms with E-state index in [0.29, 0.717) is 5.92 Å². The fourth-order valence-electron chi connectivity index (χ4n) is 3.42. The summed E-state index contributed by atoms with van der Waals surface area (Å²) in [6, 6.07) is 10.1. The molecule has 0 amide bonds. The number of para-hydroxylation sites is 1. The number of ether oxygens (including phenoxy) is 1. The Hall–Kier alpha value is -1.02. The van der Waals surface area contributed by atoms with Crippen LogP contribution in [0.2, 0.25) is 0 Å². The zero-order valence-corrected chi connectivity index (χ0v) is 10.5. The van der Waals surface area contributed by atoms with E-state index in [-0.39, 0.29) is 0 Å². The van der Waals surface area contributed by atoms with Crippen LogP contribution in [-0.4, -0.2) is 18.7 Å². The van der Waals surface area contributed by atoms with Gasteiger partial charge in [-0.05, 0) is 50.2 Å². The molecule has 2 heteroatoms. The lowest BCUT2D eigenvalue weighted by Crippen LogP contribution is -2.37. The molecule has 2 nitrogen and oxygen atoms in total. The molecular weight excluding hydrogens is 210 g/mol. The maximum absolute atomic E-state index is 5.76. The van der Waals surface area contributed by atoms with Gasteiger partial charge in [0.1, 0.15) is 5.75 Å². The van der Waals surface area contributed by atoms with E-state index >= 15 is 0 Å². The fourth-order valence-corrected chi connectivity index (χ4v) is 3.42. The summed E-state index contributed by atoms with van der Waals surface area (Å²) in [6.45, 7) is 2.82. The van der Waals surface area contributed by atoms with Crippen LogP contribution in [0.4, 0.5) is 0 Å². The zero-order valence-electron chi connectivity index (χ0n) is 10.5. The highest BCUT2D eigenvalue weighted by atomic mass is 16.5. The Bertz CT molecular complexity index is 378. The van der Waals surface area contributed by atoms with Crippen LogP contribution in [0.5, 0.6) is 5.75 Å². The molecule has 1 aromatic carbocycles. The minimum Gasteiger partial charge on any atom is -0.494 e. The van der Waals surface area contributed by atoms with E-state index in [4.69, 9.17) is 4.74 Å². The van der Waals surface area contributed by atoms with Gasteiger partial charge in [-0.15, -0.1) is 0 Å². The van der Waals surface area contributed by atoms with E-state index in [1.165, 1.54) is 31.2 Å². The highest BCUT2D eigenvalue weighted by Gasteiger charge is 2.34. The van der Waals surface area contributed by atoms with Gasteiger partial charge in [-0.3, -0.25) is 0 Å². The van der Waals surface area contributed by atoms with Crippen LogP contribution in [0.1, 0.15) is 44.1 Å². The van der Waals surface area contributed by atoms with E-state index in [9.17, 15) is 0 Å². The number of nitrogens with one attached hydrogen (secondary N) is 1. The van der Waals surface area contributed by atoms with Gasteiger partial charge in [0, 0.05) is 12.1 Å². The molecule has 0 saturated carbocycles. The molecule has 2 fully saturated rings. The van der Waals surface area contributed by atoms with Crippen molar-refractivity contribution in [1.82, 2.24) is 5.32 Å². The zero-order chi connectivity index (χ0) is 11.7. The lowest BCUT2D eigenvalue weighted by atomic mass is 9.86. The maximum atomic E-state index is 5.76. The molecule has 0 radical (unpaired) electrons. The average Bonchev–Trinajstić information content (AvgIpc) is 2.69. The predicted molar refractivity (Wildman–Crippen MR) is 69.5 cm³/mol. The Balaban J connectivity index is 1.83. The Morgan fingerprint density at radius 2 is 1.88 bits per heavy atom. The van der Waals surface area contributed by atoms with E-state index in [2.05, 4.69) is 36.5 Å². The summed E-state index contributed by atoms with van der Waals surface area (Å²) in [5, 5.41) is 3.70. The van der Waals surface area contributed by atoms with Crippen LogP contribution >= 0.6 is 0 Å². The fraction of sp³-hybridized carbons (Fsp3) is 0.600. The number of fused-ring (bicyclic) bond motifs is 2. The quantitative estimate of drug-likeness (QED) is 0.863. The largest absolute Gasteiger partial charge is 0.494 e. The third-order valence-electron chi connectivity index (χ3n) is 4.13. The Morgan fingerprint density at radius 1 is 1.18 bits per heavy atom. The Morgan fingerprint density at radius 3 is 2.59 bits per heavy atom. The molecule has 0 aromatic heterocycles. The van der Waals surface area contributed by atoms with Crippen molar-refractivity contribution in [3.8, 4) is 5.75 Å². The lowest BCUT2D eigenvalue weighted by Gasteiger charge is -2.30. The van der Waals surface area contributed by atoms with Gasteiger partial charge in [-0.25, -0.2) is 0 Å². The van der Waals surface area contributed by atoms with Crippen LogP contribution in [0, 0.1) is 0 Å². The SMILES string of the molecule is CCOc1ccccc1C1CC2CCC(C1)N2. The monoisotopic (exact) mass is 231 g/mol. The van der Waals surface area contributed by atoms with Crippen molar-refractivity contribution < 1.29 is 4.74 Å². The van der Waals surface area contributed by atoms with Crippen LogP contribution in [-0.2, 0) is 0 Å². The minimum atomic E-state index is 0.691. The molecule has 2 bridgehead atoms. The molecule has 92 valence electrons. The summed E-state index contributed by atoms with van der Waals surface area (Å²) in [7, 11) is 0. The summed E-state index contributed by atoms with van der Waals surface area (Å²) in [5.74, 6) is 1.79. The normalized spacial score (nSPS) is 31.5. The number of hydrogen-bond acceptors (Lipinski definition) is 2. The number of piperidine rings is 1. The van der Waals surface area contributed by atoms with E-state index in [0.717, 1.165) is 24.4 Å². The third kappa shape index (κ3) is 2.19. The Labute approximate surface area is 103 Å². The third-order valence-corrected chi connectivity index (χ3v) is 4.13. The first kappa shape index (κ1) is 11.1. The first-order valence-electron chi connectivity index (χ1n) is 6.84. The molecule has 3 rings (SSSR count). The molecule has 17 heavy (non-hydrogen) atoms. The molecule has 2 saturated heterocycles. The first-order chi connectivity index (χ1) is 8.36. The van der Waals surface area contributed by atoms with Crippen LogP contribution < -0.4 is 10.1 Å². The number of hydrogen-bond donors (Lipinski definition) is 1. The summed E-state index contributed by atoms with van der Waals surface area (Å²) >= 11 is 0. The molecule has 2 heterocycles. The minimum absolute atomic E-state index is 0.691. The summed E-state index contributed by atoms with van der Waals surface area (Å²) in [5.41, 5.74) is 1.42. The molecule has 0 aliphatic carbocycles. The predicted octanol–water partition coefficient (Wildman–Crippen LogP) is 3.08. The standard InChI is InChI=1S/C15H21NO/c1-2-17-15-6-4-3-5-14(15)11-9-12-7-8-13(10-11)16-12/h3-6,11-13,16H,2,7-10H2,1H3. The first-order valence-corrected chi connectivity index (χ1v) is 6.84. The van der Waals surface area contributed by atoms with Crippen molar-refractivity contribution in [3.05, 3.63) is 29.8 Å². The average molecular weight is 231 g/mol. The summed E-state index contributed by atoms with van der Waals surface area (Å²) in [4.78, 5) is 0. The second kappa shape index (κ2) is 4.69. The lowest BCUT2D eigenvalue weighted by molar-refractivity contribution is 0.318. The summed E-state index contributed by atoms with van der Waals surface area (Å²) < 4.78 is 5.76. The van der Waals surface area contributed by atoms with E-state index in [1.807, 2.05) is 0 Å². The molecule has 2 unspecified atom stereocenters. The number of rotatable bonds is 3. The second-order valence-electron chi connectivity index (χ2n) is 5.28. The highest BCUT2D eigenvalue weighted by Crippen LogP contribution is 2.40. The van der Waals surface area contributed by atoms with Gasteiger partial charge in [0.15, 0.2) is 0 Å². The van der Waals surface area contributed by atoms with E-state index in [1.54, 1.807) is 0 Å². The molecule has 2 aliphatic heterocycles. The van der Waals surface area contributed by atoms with Crippen LogP contribution in [0.25, 0.3) is 0 Å². The van der Waals surface area contributed by atoms with Gasteiger partial charge in [0.2, 0.25) is 0 Å². The maximum Gasteiger partial charge on any atom is 0.122 e. The van der Waals surface area contributed by atoms with Crippen LogP contribution in [0.15, 0.2) is 24.3 Å². The van der Waals surface area contributed by atoms with Crippen LogP contribution in [0.3, 0.4) is 0 Å². The molecule has 2 aliphatic rings. The van der Waals surface area contributed by atoms with Crippen molar-refractivity contribution in [2.75, 3.05) is 6.61 Å². The van der Waals surface area contributed by atoms with E-state index < -0.39 is 0 Å². The van der Waals surface area contributed by atoms with Crippen molar-refractivity contribution in [3.63, 3.8) is 0 Å². The van der Waals surface area contributed by atoms with Gasteiger partial charge in [0.25, 0.3) is 0 Å².